The first-order chi connectivity index (χ1) is 10.8. The molecule has 114 valence electrons. The normalized spacial score (nSPS) is 10.4. The zero-order valence-corrected chi connectivity index (χ0v) is 12.4. The maximum Gasteiger partial charge on any atom is 0.119 e. The Labute approximate surface area is 130 Å². The number of nitriles is 1. The van der Waals surface area contributed by atoms with Crippen LogP contribution in [0.1, 0.15) is 11.1 Å². The molecule has 0 bridgehead atoms. The summed E-state index contributed by atoms with van der Waals surface area (Å²) in [5, 5.41) is 17.9. The van der Waals surface area contributed by atoms with Crippen LogP contribution in [0, 0.1) is 11.3 Å². The van der Waals surface area contributed by atoms with Gasteiger partial charge in [-0.25, -0.2) is 0 Å². The molecular weight excluding hydrogens is 278 g/mol. The number of aromatic nitrogens is 1. The molecule has 2 aromatic rings. The third-order valence-electron chi connectivity index (χ3n) is 3.20. The van der Waals surface area contributed by atoms with E-state index in [0.29, 0.717) is 25.3 Å². The van der Waals surface area contributed by atoms with Crippen LogP contribution in [0.5, 0.6) is 5.75 Å². The molecule has 1 N–H and O–H groups in total. The average molecular weight is 297 g/mol. The first kappa shape index (κ1) is 16.0. The fourth-order valence-corrected chi connectivity index (χ4v) is 2.08. The van der Waals surface area contributed by atoms with Crippen molar-refractivity contribution in [2.75, 3.05) is 26.3 Å². The van der Waals surface area contributed by atoms with Gasteiger partial charge in [-0.2, -0.15) is 5.26 Å². The molecule has 0 aliphatic rings. The zero-order valence-electron chi connectivity index (χ0n) is 12.4. The van der Waals surface area contributed by atoms with Crippen LogP contribution in [0.25, 0.3) is 0 Å². The lowest BCUT2D eigenvalue weighted by molar-refractivity contribution is 0.163. The number of aliphatic hydroxyl groups excluding tert-OH is 1. The Hall–Kier alpha value is -2.42. The van der Waals surface area contributed by atoms with Crippen LogP contribution in [-0.2, 0) is 6.54 Å². The SMILES string of the molecule is N#Cc1ccc(OCCN(CCO)Cc2cccnc2)cc1. The quantitative estimate of drug-likeness (QED) is 0.805. The summed E-state index contributed by atoms with van der Waals surface area (Å²) < 4.78 is 5.67. The summed E-state index contributed by atoms with van der Waals surface area (Å²) in [7, 11) is 0. The summed E-state index contributed by atoms with van der Waals surface area (Å²) in [5.74, 6) is 0.740. The van der Waals surface area contributed by atoms with Gasteiger partial charge in [0.15, 0.2) is 0 Å². The smallest absolute Gasteiger partial charge is 0.119 e. The van der Waals surface area contributed by atoms with Crippen LogP contribution in [0.3, 0.4) is 0 Å². The molecule has 5 heteroatoms. The molecule has 0 fully saturated rings. The Bertz CT molecular complexity index is 594. The molecule has 0 aliphatic carbocycles. The Kier molecular flexibility index (Phi) is 6.37. The third kappa shape index (κ3) is 5.17. The van der Waals surface area contributed by atoms with E-state index in [9.17, 15) is 0 Å². The summed E-state index contributed by atoms with van der Waals surface area (Å²) >= 11 is 0. The summed E-state index contributed by atoms with van der Waals surface area (Å²) in [6.07, 6.45) is 3.57. The number of ether oxygens (including phenoxy) is 1. The molecule has 1 aromatic heterocycles. The lowest BCUT2D eigenvalue weighted by atomic mass is 10.2. The highest BCUT2D eigenvalue weighted by atomic mass is 16.5. The number of hydrogen-bond donors (Lipinski definition) is 1. The highest BCUT2D eigenvalue weighted by Crippen LogP contribution is 2.11. The molecule has 5 nitrogen and oxygen atoms in total. The number of pyridine rings is 1. The summed E-state index contributed by atoms with van der Waals surface area (Å²) in [4.78, 5) is 6.21. The van der Waals surface area contributed by atoms with E-state index in [-0.39, 0.29) is 6.61 Å². The highest BCUT2D eigenvalue weighted by molar-refractivity contribution is 5.34. The van der Waals surface area contributed by atoms with Crippen LogP contribution in [0.4, 0.5) is 0 Å². The van der Waals surface area contributed by atoms with Crippen molar-refractivity contribution in [3.63, 3.8) is 0 Å². The second-order valence-corrected chi connectivity index (χ2v) is 4.85. The van der Waals surface area contributed by atoms with Gasteiger partial charge in [0.25, 0.3) is 0 Å². The van der Waals surface area contributed by atoms with E-state index in [0.717, 1.165) is 17.9 Å². The van der Waals surface area contributed by atoms with E-state index in [1.54, 1.807) is 30.5 Å². The van der Waals surface area contributed by atoms with Gasteiger partial charge in [-0.1, -0.05) is 6.07 Å². The second-order valence-electron chi connectivity index (χ2n) is 4.85. The number of nitrogens with zero attached hydrogens (tertiary/aromatic N) is 3. The zero-order chi connectivity index (χ0) is 15.6. The first-order valence-electron chi connectivity index (χ1n) is 7.17. The van der Waals surface area contributed by atoms with Crippen molar-refractivity contribution in [2.45, 2.75) is 6.54 Å². The Morgan fingerprint density at radius 1 is 1.18 bits per heavy atom. The summed E-state index contributed by atoms with van der Waals surface area (Å²) in [6.45, 7) is 2.65. The molecule has 0 aliphatic heterocycles. The van der Waals surface area contributed by atoms with Crippen LogP contribution < -0.4 is 4.74 Å². The van der Waals surface area contributed by atoms with E-state index in [1.807, 2.05) is 18.3 Å². The fourth-order valence-electron chi connectivity index (χ4n) is 2.08. The Balaban J connectivity index is 1.82. The van der Waals surface area contributed by atoms with Crippen LogP contribution >= 0.6 is 0 Å². The number of hydrogen-bond acceptors (Lipinski definition) is 5. The van der Waals surface area contributed by atoms with Gasteiger partial charge in [-0.05, 0) is 35.9 Å². The van der Waals surface area contributed by atoms with Crippen LogP contribution in [0.15, 0.2) is 48.8 Å². The monoisotopic (exact) mass is 297 g/mol. The van der Waals surface area contributed by atoms with Gasteiger partial charge < -0.3 is 9.84 Å². The minimum atomic E-state index is 0.108. The first-order valence-corrected chi connectivity index (χ1v) is 7.17. The molecule has 0 saturated heterocycles. The molecule has 1 aromatic carbocycles. The van der Waals surface area contributed by atoms with E-state index in [2.05, 4.69) is 16.0 Å². The molecule has 0 amide bonds. The Morgan fingerprint density at radius 2 is 2.00 bits per heavy atom. The van der Waals surface area contributed by atoms with Crippen molar-refractivity contribution in [3.8, 4) is 11.8 Å². The van der Waals surface area contributed by atoms with Gasteiger partial charge in [0, 0.05) is 32.0 Å². The molecule has 0 radical (unpaired) electrons. The van der Waals surface area contributed by atoms with E-state index in [1.165, 1.54) is 0 Å². The topological polar surface area (TPSA) is 69.4 Å². The van der Waals surface area contributed by atoms with Crippen molar-refractivity contribution in [2.24, 2.45) is 0 Å². The van der Waals surface area contributed by atoms with Crippen molar-refractivity contribution in [3.05, 3.63) is 59.9 Å². The largest absolute Gasteiger partial charge is 0.492 e. The van der Waals surface area contributed by atoms with Gasteiger partial charge in [0.2, 0.25) is 0 Å². The number of benzene rings is 1. The predicted molar refractivity (Wildman–Crippen MR) is 83.3 cm³/mol. The third-order valence-corrected chi connectivity index (χ3v) is 3.20. The number of rotatable bonds is 8. The second kappa shape index (κ2) is 8.78. The molecule has 0 unspecified atom stereocenters. The number of aliphatic hydroxyl groups is 1. The van der Waals surface area contributed by atoms with E-state index < -0.39 is 0 Å². The van der Waals surface area contributed by atoms with Gasteiger partial charge in [-0.15, -0.1) is 0 Å². The molecular formula is C17H19N3O2. The minimum absolute atomic E-state index is 0.108. The Morgan fingerprint density at radius 3 is 2.64 bits per heavy atom. The van der Waals surface area contributed by atoms with Crippen LogP contribution in [-0.4, -0.2) is 41.3 Å². The molecule has 1 heterocycles. The standard InChI is InChI=1S/C17H19N3O2/c18-12-15-3-5-17(6-4-15)22-11-9-20(8-10-21)14-16-2-1-7-19-13-16/h1-7,13,21H,8-11,14H2. The van der Waals surface area contributed by atoms with Gasteiger partial charge in [0.1, 0.15) is 12.4 Å². The predicted octanol–water partition coefficient (Wildman–Crippen LogP) is 1.83. The van der Waals surface area contributed by atoms with Crippen molar-refractivity contribution < 1.29 is 9.84 Å². The molecule has 0 spiro atoms. The average Bonchev–Trinajstić information content (AvgIpc) is 2.56. The highest BCUT2D eigenvalue weighted by Gasteiger charge is 2.06. The van der Waals surface area contributed by atoms with Crippen molar-refractivity contribution >= 4 is 0 Å². The molecule has 22 heavy (non-hydrogen) atoms. The van der Waals surface area contributed by atoms with E-state index >= 15 is 0 Å². The molecule has 2 rings (SSSR count). The van der Waals surface area contributed by atoms with Gasteiger partial charge in [-0.3, -0.25) is 9.88 Å². The van der Waals surface area contributed by atoms with Gasteiger partial charge >= 0.3 is 0 Å². The van der Waals surface area contributed by atoms with E-state index in [4.69, 9.17) is 15.1 Å². The maximum atomic E-state index is 9.16. The maximum absolute atomic E-state index is 9.16. The van der Waals surface area contributed by atoms with Gasteiger partial charge in [0.05, 0.1) is 18.2 Å². The summed E-state index contributed by atoms with van der Waals surface area (Å²) in [5.41, 5.74) is 1.72. The lowest BCUT2D eigenvalue weighted by Gasteiger charge is -2.21. The van der Waals surface area contributed by atoms with Crippen LogP contribution in [0.2, 0.25) is 0 Å². The summed E-state index contributed by atoms with van der Waals surface area (Å²) in [6, 6.07) is 13.0. The lowest BCUT2D eigenvalue weighted by Crippen LogP contribution is -2.30. The fraction of sp³-hybridized carbons (Fsp3) is 0.294. The molecule has 0 atom stereocenters. The van der Waals surface area contributed by atoms with Crippen molar-refractivity contribution in [1.29, 1.82) is 5.26 Å². The molecule has 0 saturated carbocycles. The van der Waals surface area contributed by atoms with Crippen molar-refractivity contribution in [1.82, 2.24) is 9.88 Å². The minimum Gasteiger partial charge on any atom is -0.492 e.